The van der Waals surface area contributed by atoms with Crippen LogP contribution in [0.25, 0.3) is 5.52 Å². The minimum absolute atomic E-state index is 0.675. The highest BCUT2D eigenvalue weighted by molar-refractivity contribution is 5.77. The lowest BCUT2D eigenvalue weighted by atomic mass is 10.1. The van der Waals surface area contributed by atoms with Crippen molar-refractivity contribution < 1.29 is 4.79 Å². The Kier molecular flexibility index (Phi) is 2.88. The predicted octanol–water partition coefficient (Wildman–Crippen LogP) is 3.05. The lowest BCUT2D eigenvalue weighted by molar-refractivity contribution is 0.112. The Morgan fingerprint density at radius 1 is 1.21 bits per heavy atom. The summed E-state index contributed by atoms with van der Waals surface area (Å²) in [6.07, 6.45) is 5.34. The average molecular weight is 250 g/mol. The van der Waals surface area contributed by atoms with Crippen molar-refractivity contribution in [3.05, 3.63) is 71.3 Å². The fourth-order valence-corrected chi connectivity index (χ4v) is 2.17. The van der Waals surface area contributed by atoms with Gasteiger partial charge >= 0.3 is 0 Å². The number of aryl methyl sites for hydroxylation is 1. The number of rotatable bonds is 3. The molecule has 3 heteroatoms. The first-order valence-corrected chi connectivity index (χ1v) is 6.23. The molecule has 2 aromatic heterocycles. The Balaban J connectivity index is 1.97. The summed E-state index contributed by atoms with van der Waals surface area (Å²) in [5.74, 6) is 0.983. The molecule has 0 saturated heterocycles. The average Bonchev–Trinajstić information content (AvgIpc) is 2.83. The maximum Gasteiger partial charge on any atom is 0.150 e. The van der Waals surface area contributed by atoms with E-state index in [2.05, 4.69) is 36.2 Å². The molecule has 0 saturated carbocycles. The molecule has 19 heavy (non-hydrogen) atoms. The molecule has 0 fully saturated rings. The molecule has 3 aromatic rings. The Morgan fingerprint density at radius 2 is 2.00 bits per heavy atom. The molecule has 0 amide bonds. The van der Waals surface area contributed by atoms with Gasteiger partial charge in [0, 0.05) is 18.2 Å². The third-order valence-electron chi connectivity index (χ3n) is 3.25. The SMILES string of the molecule is Cc1ccc(Cc2ncc3cc(C=O)ccn23)cc1. The van der Waals surface area contributed by atoms with Crippen molar-refractivity contribution >= 4 is 11.8 Å². The number of imidazole rings is 1. The van der Waals surface area contributed by atoms with Gasteiger partial charge in [0.15, 0.2) is 0 Å². The minimum Gasteiger partial charge on any atom is -0.303 e. The summed E-state index contributed by atoms with van der Waals surface area (Å²) < 4.78 is 2.02. The zero-order valence-electron chi connectivity index (χ0n) is 10.7. The van der Waals surface area contributed by atoms with Crippen LogP contribution in [0, 0.1) is 6.92 Å². The van der Waals surface area contributed by atoms with Crippen LogP contribution in [-0.2, 0) is 6.42 Å². The van der Waals surface area contributed by atoms with Crippen LogP contribution in [0.2, 0.25) is 0 Å². The van der Waals surface area contributed by atoms with Crippen molar-refractivity contribution in [2.75, 3.05) is 0 Å². The van der Waals surface area contributed by atoms with Gasteiger partial charge in [-0.3, -0.25) is 4.79 Å². The number of fused-ring (bicyclic) bond motifs is 1. The van der Waals surface area contributed by atoms with Crippen LogP contribution in [0.5, 0.6) is 0 Å². The van der Waals surface area contributed by atoms with Crippen molar-refractivity contribution in [2.24, 2.45) is 0 Å². The van der Waals surface area contributed by atoms with Gasteiger partial charge in [0.25, 0.3) is 0 Å². The molecule has 1 aromatic carbocycles. The highest BCUT2D eigenvalue weighted by Gasteiger charge is 2.05. The first-order valence-electron chi connectivity index (χ1n) is 6.23. The molecule has 0 aliphatic rings. The molecule has 3 rings (SSSR count). The van der Waals surface area contributed by atoms with Crippen LogP contribution < -0.4 is 0 Å². The number of nitrogens with zero attached hydrogens (tertiary/aromatic N) is 2. The summed E-state index contributed by atoms with van der Waals surface area (Å²) in [7, 11) is 0. The van der Waals surface area contributed by atoms with Gasteiger partial charge in [-0.25, -0.2) is 4.98 Å². The molecule has 0 bridgehead atoms. The van der Waals surface area contributed by atoms with Gasteiger partial charge < -0.3 is 4.40 Å². The standard InChI is InChI=1S/C16H14N2O/c1-12-2-4-13(5-3-12)9-16-17-10-15-8-14(11-19)6-7-18(15)16/h2-8,10-11H,9H2,1H3. The molecule has 0 radical (unpaired) electrons. The van der Waals surface area contributed by atoms with Crippen molar-refractivity contribution in [2.45, 2.75) is 13.3 Å². The molecule has 0 unspecified atom stereocenters. The van der Waals surface area contributed by atoms with E-state index in [1.54, 1.807) is 12.3 Å². The summed E-state index contributed by atoms with van der Waals surface area (Å²) in [5.41, 5.74) is 4.12. The Bertz CT molecular complexity index is 726. The van der Waals surface area contributed by atoms with Gasteiger partial charge in [0.05, 0.1) is 11.7 Å². The zero-order valence-corrected chi connectivity index (χ0v) is 10.7. The Morgan fingerprint density at radius 3 is 2.74 bits per heavy atom. The molecular weight excluding hydrogens is 236 g/mol. The van der Waals surface area contributed by atoms with Gasteiger partial charge in [-0.15, -0.1) is 0 Å². The second-order valence-corrected chi connectivity index (χ2v) is 4.71. The third kappa shape index (κ3) is 2.27. The van der Waals surface area contributed by atoms with E-state index >= 15 is 0 Å². The van der Waals surface area contributed by atoms with Crippen LogP contribution in [0.4, 0.5) is 0 Å². The fraction of sp³-hybridized carbons (Fsp3) is 0.125. The van der Waals surface area contributed by atoms with E-state index in [-0.39, 0.29) is 0 Å². The Labute approximate surface area is 111 Å². The number of carbonyl (C=O) groups is 1. The third-order valence-corrected chi connectivity index (χ3v) is 3.25. The quantitative estimate of drug-likeness (QED) is 0.669. The van der Waals surface area contributed by atoms with E-state index in [9.17, 15) is 4.79 Å². The van der Waals surface area contributed by atoms with E-state index in [1.165, 1.54) is 11.1 Å². The number of pyridine rings is 1. The van der Waals surface area contributed by atoms with Crippen LogP contribution in [0.15, 0.2) is 48.8 Å². The largest absolute Gasteiger partial charge is 0.303 e. The first-order chi connectivity index (χ1) is 9.26. The molecule has 0 aliphatic carbocycles. The number of hydrogen-bond acceptors (Lipinski definition) is 2. The minimum atomic E-state index is 0.675. The maximum absolute atomic E-state index is 10.8. The highest BCUT2D eigenvalue weighted by Crippen LogP contribution is 2.13. The van der Waals surface area contributed by atoms with Crippen LogP contribution in [0.3, 0.4) is 0 Å². The normalized spacial score (nSPS) is 10.8. The smallest absolute Gasteiger partial charge is 0.150 e. The predicted molar refractivity (Wildman–Crippen MR) is 74.6 cm³/mol. The lowest BCUT2D eigenvalue weighted by Gasteiger charge is -2.03. The number of aldehydes is 1. The lowest BCUT2D eigenvalue weighted by Crippen LogP contribution is -1.96. The van der Waals surface area contributed by atoms with Gasteiger partial charge in [-0.1, -0.05) is 29.8 Å². The van der Waals surface area contributed by atoms with Crippen molar-refractivity contribution in [3.63, 3.8) is 0 Å². The topological polar surface area (TPSA) is 34.4 Å². The van der Waals surface area contributed by atoms with E-state index in [0.29, 0.717) is 5.56 Å². The molecule has 0 N–H and O–H groups in total. The number of hydrogen-bond donors (Lipinski definition) is 0. The number of carbonyl (C=O) groups excluding carboxylic acids is 1. The van der Waals surface area contributed by atoms with E-state index in [1.807, 2.05) is 16.7 Å². The maximum atomic E-state index is 10.8. The summed E-state index contributed by atoms with van der Waals surface area (Å²) in [6, 6.07) is 12.1. The summed E-state index contributed by atoms with van der Waals surface area (Å²) in [6.45, 7) is 2.08. The molecule has 0 aliphatic heterocycles. The zero-order chi connectivity index (χ0) is 13.2. The molecular formula is C16H14N2O. The second kappa shape index (κ2) is 4.69. The van der Waals surface area contributed by atoms with Crippen molar-refractivity contribution in [1.29, 1.82) is 0 Å². The first kappa shape index (κ1) is 11.7. The molecule has 2 heterocycles. The van der Waals surface area contributed by atoms with Crippen molar-refractivity contribution in [1.82, 2.24) is 9.38 Å². The van der Waals surface area contributed by atoms with E-state index in [0.717, 1.165) is 24.0 Å². The van der Waals surface area contributed by atoms with Gasteiger partial charge in [0.1, 0.15) is 12.1 Å². The monoisotopic (exact) mass is 250 g/mol. The molecule has 0 atom stereocenters. The molecule has 3 nitrogen and oxygen atoms in total. The fourth-order valence-electron chi connectivity index (χ4n) is 2.17. The van der Waals surface area contributed by atoms with Gasteiger partial charge in [-0.05, 0) is 24.6 Å². The Hall–Kier alpha value is -2.42. The molecule has 0 spiro atoms. The van der Waals surface area contributed by atoms with Crippen molar-refractivity contribution in [3.8, 4) is 0 Å². The molecule has 94 valence electrons. The highest BCUT2D eigenvalue weighted by atomic mass is 16.1. The number of benzene rings is 1. The van der Waals surface area contributed by atoms with Crippen LogP contribution >= 0.6 is 0 Å². The number of aromatic nitrogens is 2. The summed E-state index contributed by atoms with van der Waals surface area (Å²) in [5, 5.41) is 0. The van der Waals surface area contributed by atoms with Crippen LogP contribution in [-0.4, -0.2) is 15.7 Å². The summed E-state index contributed by atoms with van der Waals surface area (Å²) in [4.78, 5) is 15.2. The van der Waals surface area contributed by atoms with E-state index < -0.39 is 0 Å². The van der Waals surface area contributed by atoms with Gasteiger partial charge in [-0.2, -0.15) is 0 Å². The van der Waals surface area contributed by atoms with Crippen LogP contribution in [0.1, 0.15) is 27.3 Å². The summed E-state index contributed by atoms with van der Waals surface area (Å²) >= 11 is 0. The second-order valence-electron chi connectivity index (χ2n) is 4.71. The van der Waals surface area contributed by atoms with Gasteiger partial charge in [0.2, 0.25) is 0 Å². The van der Waals surface area contributed by atoms with E-state index in [4.69, 9.17) is 0 Å².